The van der Waals surface area contributed by atoms with Crippen LogP contribution in [0.4, 0.5) is 0 Å². The number of aromatic hydroxyl groups is 1. The lowest BCUT2D eigenvalue weighted by molar-refractivity contribution is 0.456. The lowest BCUT2D eigenvalue weighted by Crippen LogP contribution is -2.12. The topological polar surface area (TPSA) is 45.4 Å². The molecule has 25 heavy (non-hydrogen) atoms. The normalized spacial score (nSPS) is 11.3. The molecule has 2 N–H and O–H groups in total. The first-order valence-electron chi connectivity index (χ1n) is 7.80. The maximum Gasteiger partial charge on any atom is 0.120 e. The van der Waals surface area contributed by atoms with E-state index in [1.807, 2.05) is 48.6 Å². The molecule has 3 nitrogen and oxygen atoms in total. The van der Waals surface area contributed by atoms with Crippen LogP contribution in [0, 0.1) is 0 Å². The van der Waals surface area contributed by atoms with Crippen LogP contribution in [-0.4, -0.2) is 5.11 Å². The first-order chi connectivity index (χ1) is 12.1. The van der Waals surface area contributed by atoms with Crippen molar-refractivity contribution in [1.82, 2.24) is 5.32 Å². The third-order valence-electron chi connectivity index (χ3n) is 3.71. The Labute approximate surface area is 156 Å². The first kappa shape index (κ1) is 17.6. The fourth-order valence-corrected chi connectivity index (χ4v) is 2.70. The summed E-state index contributed by atoms with van der Waals surface area (Å²) < 4.78 is 5.27. The van der Waals surface area contributed by atoms with Gasteiger partial charge in [-0.15, -0.1) is 0 Å². The van der Waals surface area contributed by atoms with Crippen molar-refractivity contribution in [1.29, 1.82) is 0 Å². The Morgan fingerprint density at radius 1 is 0.920 bits per heavy atom. The van der Waals surface area contributed by atoms with E-state index in [9.17, 15) is 5.11 Å². The summed E-state index contributed by atoms with van der Waals surface area (Å²) in [6, 6.07) is 14.7. The van der Waals surface area contributed by atoms with E-state index in [4.69, 9.17) is 27.6 Å². The molecule has 2 aromatic carbocycles. The summed E-state index contributed by atoms with van der Waals surface area (Å²) in [6.07, 6.45) is 5.56. The summed E-state index contributed by atoms with van der Waals surface area (Å²) in [5.41, 5.74) is 2.77. The van der Waals surface area contributed by atoms with Gasteiger partial charge in [0.05, 0.1) is 22.9 Å². The molecule has 0 unspecified atom stereocenters. The number of nitrogens with one attached hydrogen (secondary N) is 1. The van der Waals surface area contributed by atoms with Gasteiger partial charge in [-0.3, -0.25) is 0 Å². The van der Waals surface area contributed by atoms with E-state index in [1.54, 1.807) is 18.4 Å². The van der Waals surface area contributed by atoms with Crippen LogP contribution >= 0.6 is 23.2 Å². The van der Waals surface area contributed by atoms with Crippen LogP contribution in [0.25, 0.3) is 12.2 Å². The third-order valence-corrected chi connectivity index (χ3v) is 4.45. The van der Waals surface area contributed by atoms with Crippen LogP contribution in [0.15, 0.2) is 59.2 Å². The molecule has 1 aromatic heterocycles. The number of hydrogen-bond donors (Lipinski definition) is 2. The quantitative estimate of drug-likeness (QED) is 0.540. The van der Waals surface area contributed by atoms with Gasteiger partial charge in [0.1, 0.15) is 11.5 Å². The van der Waals surface area contributed by atoms with E-state index in [2.05, 4.69) is 5.32 Å². The minimum Gasteiger partial charge on any atom is -0.508 e. The van der Waals surface area contributed by atoms with Crippen molar-refractivity contribution < 1.29 is 9.52 Å². The highest BCUT2D eigenvalue weighted by Gasteiger charge is 2.03. The molecular weight excluding hydrogens is 357 g/mol. The fourth-order valence-electron chi connectivity index (χ4n) is 2.39. The molecule has 1 heterocycles. The molecule has 0 aliphatic heterocycles. The van der Waals surface area contributed by atoms with E-state index in [0.717, 1.165) is 22.5 Å². The van der Waals surface area contributed by atoms with Crippen molar-refractivity contribution in [3.63, 3.8) is 0 Å². The largest absolute Gasteiger partial charge is 0.508 e. The zero-order chi connectivity index (χ0) is 17.6. The van der Waals surface area contributed by atoms with Gasteiger partial charge >= 0.3 is 0 Å². The molecule has 3 rings (SSSR count). The van der Waals surface area contributed by atoms with Gasteiger partial charge < -0.3 is 14.8 Å². The van der Waals surface area contributed by atoms with Gasteiger partial charge in [0, 0.05) is 12.1 Å². The molecule has 128 valence electrons. The molecule has 0 aliphatic carbocycles. The van der Waals surface area contributed by atoms with Crippen LogP contribution in [0.5, 0.6) is 5.75 Å². The van der Waals surface area contributed by atoms with Gasteiger partial charge in [0.2, 0.25) is 0 Å². The highest BCUT2D eigenvalue weighted by atomic mass is 35.5. The Morgan fingerprint density at radius 3 is 2.40 bits per heavy atom. The Kier molecular flexibility index (Phi) is 5.82. The number of rotatable bonds is 6. The fraction of sp³-hybridized carbons (Fsp3) is 0.100. The zero-order valence-electron chi connectivity index (χ0n) is 13.4. The Bertz CT molecular complexity index is 873. The van der Waals surface area contributed by atoms with E-state index in [1.165, 1.54) is 0 Å². The molecule has 0 spiro atoms. The SMILES string of the molecule is Oc1ccc(/C=C/c2ccc(Cl)c(Cl)c2)cc1CNCc1ccco1. The lowest BCUT2D eigenvalue weighted by atomic mass is 10.1. The average Bonchev–Trinajstić information content (AvgIpc) is 3.12. The number of phenols is 1. The Balaban J connectivity index is 1.67. The molecule has 3 aromatic rings. The van der Waals surface area contributed by atoms with Crippen molar-refractivity contribution in [2.45, 2.75) is 13.1 Å². The molecule has 0 bridgehead atoms. The predicted molar refractivity (Wildman–Crippen MR) is 103 cm³/mol. The molecule has 0 aliphatic rings. The first-order valence-corrected chi connectivity index (χ1v) is 8.55. The second-order valence-corrected chi connectivity index (χ2v) is 6.39. The second kappa shape index (κ2) is 8.26. The van der Waals surface area contributed by atoms with Crippen molar-refractivity contribution in [3.05, 3.63) is 87.3 Å². The standard InChI is InChI=1S/C20H17Cl2NO2/c21-18-7-5-15(11-19(18)22)4-3-14-6-8-20(24)16(10-14)12-23-13-17-2-1-9-25-17/h1-11,23-24H,12-13H2/b4-3+. The minimum atomic E-state index is 0.263. The Hall–Kier alpha value is -2.20. The van der Waals surface area contributed by atoms with Gasteiger partial charge in [0.25, 0.3) is 0 Å². The number of furan rings is 1. The van der Waals surface area contributed by atoms with Crippen molar-refractivity contribution in [2.75, 3.05) is 0 Å². The molecule has 0 saturated carbocycles. The maximum atomic E-state index is 10.0. The van der Waals surface area contributed by atoms with Crippen molar-refractivity contribution in [2.24, 2.45) is 0 Å². The molecule has 0 atom stereocenters. The maximum absolute atomic E-state index is 10.0. The summed E-state index contributed by atoms with van der Waals surface area (Å²) in [6.45, 7) is 1.15. The average molecular weight is 374 g/mol. The third kappa shape index (κ3) is 4.89. The minimum absolute atomic E-state index is 0.263. The van der Waals surface area contributed by atoms with Crippen LogP contribution in [0.1, 0.15) is 22.5 Å². The van der Waals surface area contributed by atoms with Gasteiger partial charge in [0.15, 0.2) is 0 Å². The summed E-state index contributed by atoms with van der Waals surface area (Å²) in [4.78, 5) is 0. The van der Waals surface area contributed by atoms with E-state index in [0.29, 0.717) is 23.1 Å². The van der Waals surface area contributed by atoms with E-state index >= 15 is 0 Å². The zero-order valence-corrected chi connectivity index (χ0v) is 14.9. The molecule has 0 fully saturated rings. The van der Waals surface area contributed by atoms with Crippen LogP contribution in [0.3, 0.4) is 0 Å². The number of hydrogen-bond acceptors (Lipinski definition) is 3. The molecule has 5 heteroatoms. The highest BCUT2D eigenvalue weighted by Crippen LogP contribution is 2.24. The van der Waals surface area contributed by atoms with E-state index < -0.39 is 0 Å². The van der Waals surface area contributed by atoms with Crippen molar-refractivity contribution >= 4 is 35.4 Å². The van der Waals surface area contributed by atoms with Crippen LogP contribution < -0.4 is 5.32 Å². The summed E-state index contributed by atoms with van der Waals surface area (Å²) in [5, 5.41) is 14.3. The van der Waals surface area contributed by atoms with Gasteiger partial charge in [-0.05, 0) is 47.5 Å². The molecular formula is C20H17Cl2NO2. The van der Waals surface area contributed by atoms with Gasteiger partial charge in [-0.25, -0.2) is 0 Å². The lowest BCUT2D eigenvalue weighted by Gasteiger charge is -2.07. The Morgan fingerprint density at radius 2 is 1.68 bits per heavy atom. The van der Waals surface area contributed by atoms with Crippen LogP contribution in [0.2, 0.25) is 10.0 Å². The van der Waals surface area contributed by atoms with Gasteiger partial charge in [-0.1, -0.05) is 47.5 Å². The number of phenolic OH excluding ortho intramolecular Hbond substituents is 1. The predicted octanol–water partition coefficient (Wildman–Crippen LogP) is 5.75. The summed E-state index contributed by atoms with van der Waals surface area (Å²) >= 11 is 12.0. The summed E-state index contributed by atoms with van der Waals surface area (Å²) in [5.74, 6) is 1.12. The number of halogens is 2. The monoisotopic (exact) mass is 373 g/mol. The molecule has 0 radical (unpaired) electrons. The van der Waals surface area contributed by atoms with Crippen LogP contribution in [-0.2, 0) is 13.1 Å². The smallest absolute Gasteiger partial charge is 0.120 e. The second-order valence-electron chi connectivity index (χ2n) is 5.58. The van der Waals surface area contributed by atoms with E-state index in [-0.39, 0.29) is 5.75 Å². The number of benzene rings is 2. The van der Waals surface area contributed by atoms with Gasteiger partial charge in [-0.2, -0.15) is 0 Å². The molecule has 0 saturated heterocycles. The highest BCUT2D eigenvalue weighted by molar-refractivity contribution is 6.42. The summed E-state index contributed by atoms with van der Waals surface area (Å²) in [7, 11) is 0. The molecule has 0 amide bonds. The van der Waals surface area contributed by atoms with Crippen molar-refractivity contribution in [3.8, 4) is 5.75 Å².